The van der Waals surface area contributed by atoms with E-state index in [1.165, 1.54) is 83.7 Å². The number of aliphatic hydroxyl groups excluding tert-OH is 6. The summed E-state index contributed by atoms with van der Waals surface area (Å²) in [7, 11) is -3.69. The third-order valence-electron chi connectivity index (χ3n) is 14.8. The molecule has 0 spiro atoms. The maximum Gasteiger partial charge on any atom is 0.327 e. The maximum absolute atomic E-state index is 13.3. The minimum atomic E-state index is -3.69. The van der Waals surface area contributed by atoms with Gasteiger partial charge in [-0.2, -0.15) is 0 Å². The molecule has 21 nitrogen and oxygen atoms in total. The van der Waals surface area contributed by atoms with Crippen molar-refractivity contribution in [2.75, 3.05) is 59.4 Å². The van der Waals surface area contributed by atoms with Gasteiger partial charge < -0.3 is 78.7 Å². The van der Waals surface area contributed by atoms with Crippen molar-refractivity contribution < 1.29 is 91.9 Å². The molecule has 2 aliphatic rings. The van der Waals surface area contributed by atoms with Crippen LogP contribution in [0.5, 0.6) is 0 Å². The first-order valence-electron chi connectivity index (χ1n) is 32.2. The lowest BCUT2D eigenvalue weighted by atomic mass is 9.98. The van der Waals surface area contributed by atoms with Gasteiger partial charge in [0, 0.05) is 45.4 Å². The summed E-state index contributed by atoms with van der Waals surface area (Å²) in [5.41, 5.74) is 0. The average Bonchev–Trinajstić information content (AvgIpc) is 3.00. The van der Waals surface area contributed by atoms with Crippen LogP contribution in [0.2, 0.25) is 0 Å². The molecule has 0 aliphatic carbocycles. The Kier molecular flexibility index (Phi) is 46.0. The number of ether oxygens (including phenoxy) is 6. The van der Waals surface area contributed by atoms with Crippen LogP contribution in [0.4, 0.5) is 0 Å². The third kappa shape index (κ3) is 38.4. The summed E-state index contributed by atoms with van der Waals surface area (Å²) < 4.78 is 57.8. The highest BCUT2D eigenvalue weighted by Crippen LogP contribution is 2.43. The number of amides is 2. The summed E-state index contributed by atoms with van der Waals surface area (Å²) in [4.78, 5) is 50.7. The second kappa shape index (κ2) is 50.0. The summed E-state index contributed by atoms with van der Waals surface area (Å²) in [5, 5.41) is 66.3. The second-order valence-electron chi connectivity index (χ2n) is 22.6. The predicted molar refractivity (Wildman–Crippen MR) is 321 cm³/mol. The molecule has 490 valence electrons. The molecule has 0 bridgehead atoms. The molecule has 2 aliphatic heterocycles. The molecule has 0 aromatic carbocycles. The fourth-order valence-corrected chi connectivity index (χ4v) is 10.5. The van der Waals surface area contributed by atoms with E-state index in [0.29, 0.717) is 25.7 Å². The zero-order chi connectivity index (χ0) is 61.5. The van der Waals surface area contributed by atoms with Crippen molar-refractivity contribution in [3.05, 3.63) is 24.3 Å². The standard InChI is InChI=1S/C62H113N2O19P/c1-4-6-8-10-12-14-16-18-20-22-24-26-28-30-32-39-54(69)77-46-49(81-55(70)40-33-31-29-27-25-23-21-19-17-15-13-11-9-7-5-2)47-80-84(3,75)79-44-42-64-53(68)38-35-34-37-52(67)63-41-36-43-76-62-60(58(73)57(72)51(45-65)82-62)83-61-59(74)56(71)50(66)48-78-61/h18-21,49-51,56-62,65-66,71-74H,4-17,22-48H2,1-3H3,(H,63,67)(H,64,68)/t49-,50+,51?,56-,57+,58+,59?,60?,61+,62-,84?/m1/s1. The Morgan fingerprint density at radius 3 is 1.57 bits per heavy atom. The van der Waals surface area contributed by atoms with Crippen LogP contribution in [0.25, 0.3) is 0 Å². The highest BCUT2D eigenvalue weighted by molar-refractivity contribution is 7.52. The topological polar surface area (TPSA) is 305 Å². The van der Waals surface area contributed by atoms with Gasteiger partial charge in [-0.3, -0.25) is 23.7 Å². The van der Waals surface area contributed by atoms with Crippen molar-refractivity contribution in [2.24, 2.45) is 0 Å². The first kappa shape index (κ1) is 77.2. The van der Waals surface area contributed by atoms with E-state index in [1.807, 2.05) is 0 Å². The average molecular weight is 1220 g/mol. The molecular formula is C62H113N2O19P. The molecule has 84 heavy (non-hydrogen) atoms. The molecule has 2 amide bonds. The maximum atomic E-state index is 13.3. The molecule has 0 saturated carbocycles. The summed E-state index contributed by atoms with van der Waals surface area (Å²) in [6, 6.07) is 0. The molecule has 22 heteroatoms. The number of rotatable bonds is 53. The summed E-state index contributed by atoms with van der Waals surface area (Å²) in [6.45, 7) is 4.25. The molecule has 0 aromatic heterocycles. The van der Waals surface area contributed by atoms with Gasteiger partial charge in [0.2, 0.25) is 11.8 Å². The van der Waals surface area contributed by atoms with Crippen LogP contribution in [0.3, 0.4) is 0 Å². The molecule has 8 N–H and O–H groups in total. The predicted octanol–water partition coefficient (Wildman–Crippen LogP) is 8.84. The summed E-state index contributed by atoms with van der Waals surface area (Å²) in [5.74, 6) is -1.41. The Balaban J connectivity index is 1.69. The van der Waals surface area contributed by atoms with Gasteiger partial charge in [0.05, 0.1) is 33.0 Å². The Morgan fingerprint density at radius 2 is 1.04 bits per heavy atom. The molecule has 2 saturated heterocycles. The van der Waals surface area contributed by atoms with Gasteiger partial charge in [-0.15, -0.1) is 0 Å². The number of aliphatic hydroxyl groups is 6. The normalized spacial score (nSPS) is 22.9. The van der Waals surface area contributed by atoms with Gasteiger partial charge in [0.1, 0.15) is 49.3 Å². The summed E-state index contributed by atoms with van der Waals surface area (Å²) in [6.07, 6.45) is 26.4. The minimum Gasteiger partial charge on any atom is -0.462 e. The number of hydrogen-bond acceptors (Lipinski definition) is 19. The third-order valence-corrected chi connectivity index (χ3v) is 16.1. The first-order chi connectivity index (χ1) is 40.6. The Hall–Kier alpha value is -2.89. The zero-order valence-electron chi connectivity index (χ0n) is 51.5. The summed E-state index contributed by atoms with van der Waals surface area (Å²) >= 11 is 0. The Bertz CT molecular complexity index is 1800. The van der Waals surface area contributed by atoms with Gasteiger partial charge in [-0.1, -0.05) is 141 Å². The number of hydrogen-bond donors (Lipinski definition) is 8. The van der Waals surface area contributed by atoms with Crippen LogP contribution in [0, 0.1) is 0 Å². The quantitative estimate of drug-likeness (QED) is 0.0122. The van der Waals surface area contributed by atoms with E-state index < -0.39 is 87.6 Å². The van der Waals surface area contributed by atoms with Gasteiger partial charge in [-0.05, 0) is 83.5 Å². The first-order valence-corrected chi connectivity index (χ1v) is 34.2. The van der Waals surface area contributed by atoms with Crippen LogP contribution in [0.15, 0.2) is 24.3 Å². The van der Waals surface area contributed by atoms with E-state index in [2.05, 4.69) is 48.8 Å². The number of esters is 2. The molecule has 0 radical (unpaired) electrons. The van der Waals surface area contributed by atoms with Crippen LogP contribution in [-0.4, -0.2) is 175 Å². The highest BCUT2D eigenvalue weighted by Gasteiger charge is 2.49. The van der Waals surface area contributed by atoms with E-state index in [0.717, 1.165) is 77.0 Å². The number of unbranched alkanes of at least 4 members (excludes halogenated alkanes) is 23. The van der Waals surface area contributed by atoms with Crippen molar-refractivity contribution in [3.63, 3.8) is 0 Å². The smallest absolute Gasteiger partial charge is 0.327 e. The van der Waals surface area contributed by atoms with Crippen molar-refractivity contribution in [1.82, 2.24) is 10.6 Å². The molecule has 0 aromatic rings. The van der Waals surface area contributed by atoms with Crippen molar-refractivity contribution in [3.8, 4) is 0 Å². The van der Waals surface area contributed by atoms with E-state index in [9.17, 15) is 54.4 Å². The number of allylic oxidation sites excluding steroid dienone is 4. The van der Waals surface area contributed by atoms with Gasteiger partial charge >= 0.3 is 19.5 Å². The van der Waals surface area contributed by atoms with Crippen molar-refractivity contribution >= 4 is 31.3 Å². The molecular weight excluding hydrogens is 1110 g/mol. The van der Waals surface area contributed by atoms with E-state index >= 15 is 0 Å². The second-order valence-corrected chi connectivity index (χ2v) is 24.6. The van der Waals surface area contributed by atoms with Gasteiger partial charge in [-0.25, -0.2) is 0 Å². The van der Waals surface area contributed by atoms with Crippen molar-refractivity contribution in [1.29, 1.82) is 0 Å². The van der Waals surface area contributed by atoms with Crippen LogP contribution in [-0.2, 0) is 61.2 Å². The zero-order valence-corrected chi connectivity index (χ0v) is 52.4. The van der Waals surface area contributed by atoms with Gasteiger partial charge in [0.25, 0.3) is 0 Å². The van der Waals surface area contributed by atoms with E-state index in [-0.39, 0.29) is 90.0 Å². The lowest BCUT2D eigenvalue weighted by Crippen LogP contribution is -2.63. The van der Waals surface area contributed by atoms with E-state index in [1.54, 1.807) is 0 Å². The molecule has 2 fully saturated rings. The molecule has 2 rings (SSSR count). The van der Waals surface area contributed by atoms with Crippen molar-refractivity contribution in [2.45, 2.75) is 287 Å². The van der Waals surface area contributed by atoms with Gasteiger partial charge in [0.15, 0.2) is 18.7 Å². The Labute approximate surface area is 502 Å². The number of carbonyl (C=O) groups excluding carboxylic acids is 4. The largest absolute Gasteiger partial charge is 0.462 e. The Morgan fingerprint density at radius 1 is 0.548 bits per heavy atom. The van der Waals surface area contributed by atoms with E-state index in [4.69, 9.17) is 37.5 Å². The monoisotopic (exact) mass is 1220 g/mol. The lowest BCUT2D eigenvalue weighted by molar-refractivity contribution is -0.356. The fraction of sp³-hybridized carbons (Fsp3) is 0.871. The van der Waals surface area contributed by atoms with Crippen LogP contribution >= 0.6 is 7.60 Å². The molecule has 2 heterocycles. The molecule has 11 atom stereocenters. The number of carbonyl (C=O) groups is 4. The molecule has 4 unspecified atom stereocenters. The van der Waals surface area contributed by atoms with Crippen LogP contribution < -0.4 is 10.6 Å². The van der Waals surface area contributed by atoms with Crippen LogP contribution in [0.1, 0.15) is 226 Å². The highest BCUT2D eigenvalue weighted by atomic mass is 31.2. The minimum absolute atomic E-state index is 0.0192. The lowest BCUT2D eigenvalue weighted by Gasteiger charge is -2.44. The fourth-order valence-electron chi connectivity index (χ4n) is 9.59. The SMILES string of the molecule is CCCCCCCCC=CCCCCCCCC(=O)OC[C@H](COP(C)(=O)OCCNC(=O)CCCCC(=O)NCCCO[C@@H]1OC(CO)[C@H](O)[C@H](O)C1O[C@@H]1OC[C@H](O)[C@@H](O)C1O)OC(=O)CCCCCCCC=CCCCCCCCC. The number of nitrogens with one attached hydrogen (secondary N) is 2.